The molecule has 0 saturated carbocycles. The number of fused-ring (bicyclic) bond motifs is 2. The van der Waals surface area contributed by atoms with Crippen LogP contribution in [0.1, 0.15) is 57.4 Å². The van der Waals surface area contributed by atoms with E-state index in [9.17, 15) is 34.2 Å². The molecule has 3 amide bonds. The predicted molar refractivity (Wildman–Crippen MR) is 162 cm³/mol. The minimum Gasteiger partial charge on any atom is -0.481 e. The maximum Gasteiger partial charge on any atom is 0.326 e. The molecule has 11 nitrogen and oxygen atoms in total. The Morgan fingerprint density at radius 1 is 0.721 bits per heavy atom. The van der Waals surface area contributed by atoms with Crippen molar-refractivity contribution in [3.8, 4) is 0 Å². The summed E-state index contributed by atoms with van der Waals surface area (Å²) in [5, 5.41) is 39.5. The van der Waals surface area contributed by atoms with E-state index in [1.165, 1.54) is 0 Å². The fourth-order valence-electron chi connectivity index (χ4n) is 5.08. The molecule has 11 heteroatoms. The Labute approximate surface area is 249 Å². The number of hydrogen-bond acceptors (Lipinski definition) is 5. The van der Waals surface area contributed by atoms with E-state index in [4.69, 9.17) is 5.11 Å². The molecule has 0 radical (unpaired) electrons. The third-order valence-electron chi connectivity index (χ3n) is 7.40. The minimum atomic E-state index is -1.30. The van der Waals surface area contributed by atoms with Gasteiger partial charge in [0.15, 0.2) is 0 Å². The van der Waals surface area contributed by atoms with Gasteiger partial charge >= 0.3 is 23.9 Å². The number of benzene rings is 3. The van der Waals surface area contributed by atoms with Crippen molar-refractivity contribution in [2.75, 3.05) is 6.54 Å². The third-order valence-corrected chi connectivity index (χ3v) is 7.40. The molecule has 0 aliphatic carbocycles. The van der Waals surface area contributed by atoms with E-state index in [1.54, 1.807) is 0 Å². The van der Waals surface area contributed by atoms with Crippen molar-refractivity contribution in [2.24, 2.45) is 5.92 Å². The number of carbonyl (C=O) groups excluding carboxylic acids is 2. The van der Waals surface area contributed by atoms with Crippen LogP contribution < -0.4 is 16.0 Å². The Kier molecular flexibility index (Phi) is 12.3. The highest BCUT2D eigenvalue weighted by Crippen LogP contribution is 2.30. The van der Waals surface area contributed by atoms with E-state index in [2.05, 4.69) is 46.3 Å². The minimum absolute atomic E-state index is 0.0165. The second-order valence-corrected chi connectivity index (χ2v) is 10.7. The number of unbranched alkanes of at least 4 members (excludes halogenated alkanes) is 2. The molecule has 0 bridgehead atoms. The highest BCUT2D eigenvalue weighted by Gasteiger charge is 2.24. The average Bonchev–Trinajstić information content (AvgIpc) is 2.97. The van der Waals surface area contributed by atoms with Gasteiger partial charge in [-0.1, -0.05) is 61.9 Å². The number of rotatable bonds is 17. The second kappa shape index (κ2) is 16.1. The van der Waals surface area contributed by atoms with E-state index < -0.39 is 36.0 Å². The highest BCUT2D eigenvalue weighted by molar-refractivity contribution is 6.02. The molecule has 0 spiro atoms. The molecule has 0 unspecified atom stereocenters. The summed E-state index contributed by atoms with van der Waals surface area (Å²) >= 11 is 0. The molecule has 0 aromatic heterocycles. The van der Waals surface area contributed by atoms with E-state index in [-0.39, 0.29) is 43.9 Å². The van der Waals surface area contributed by atoms with Gasteiger partial charge in [0.05, 0.1) is 0 Å². The van der Waals surface area contributed by atoms with Crippen LogP contribution in [0.5, 0.6) is 0 Å². The molecule has 0 aliphatic rings. The van der Waals surface area contributed by atoms with Gasteiger partial charge in [-0.3, -0.25) is 9.59 Å². The summed E-state index contributed by atoms with van der Waals surface area (Å²) in [4.78, 5) is 58.9. The van der Waals surface area contributed by atoms with Crippen molar-refractivity contribution in [3.05, 3.63) is 60.2 Å². The van der Waals surface area contributed by atoms with Crippen LogP contribution >= 0.6 is 0 Å². The van der Waals surface area contributed by atoms with E-state index in [0.717, 1.165) is 27.1 Å². The topological polar surface area (TPSA) is 182 Å². The molecule has 6 N–H and O–H groups in total. The first-order valence-corrected chi connectivity index (χ1v) is 14.5. The number of nitrogens with one attached hydrogen (secondary N) is 3. The molecule has 43 heavy (non-hydrogen) atoms. The Bertz CT molecular complexity index is 1400. The first-order chi connectivity index (χ1) is 20.6. The van der Waals surface area contributed by atoms with Gasteiger partial charge in [0.25, 0.3) is 0 Å². The van der Waals surface area contributed by atoms with Crippen LogP contribution in [-0.2, 0) is 25.6 Å². The number of hydrogen-bond donors (Lipinski definition) is 6. The fourth-order valence-corrected chi connectivity index (χ4v) is 5.08. The van der Waals surface area contributed by atoms with Crippen molar-refractivity contribution in [2.45, 2.75) is 70.4 Å². The first kappa shape index (κ1) is 32.8. The summed E-state index contributed by atoms with van der Waals surface area (Å²) in [5.74, 6) is -3.95. The Morgan fingerprint density at radius 3 is 1.74 bits per heavy atom. The van der Waals surface area contributed by atoms with Gasteiger partial charge in [-0.15, -0.1) is 0 Å². The Morgan fingerprint density at radius 2 is 1.23 bits per heavy atom. The largest absolute Gasteiger partial charge is 0.481 e. The van der Waals surface area contributed by atoms with E-state index in [0.29, 0.717) is 25.8 Å². The van der Waals surface area contributed by atoms with Crippen molar-refractivity contribution >= 4 is 51.4 Å². The van der Waals surface area contributed by atoms with Crippen LogP contribution in [0.15, 0.2) is 54.6 Å². The molecule has 0 fully saturated rings. The zero-order chi connectivity index (χ0) is 31.4. The quantitative estimate of drug-likeness (QED) is 0.0988. The number of urea groups is 1. The molecule has 3 aromatic rings. The number of amides is 3. The lowest BCUT2D eigenvalue weighted by Gasteiger charge is -2.19. The SMILES string of the molecule is C[C@@H](Cc1c2ccccc2cc2ccccc12)C(=O)NCCCC[C@H](NC(=O)N[C@@H](CCCCC(=O)O)C(=O)O)C(=O)O. The van der Waals surface area contributed by atoms with Gasteiger partial charge in [0.1, 0.15) is 12.1 Å². The molecular formula is C32H39N3O8. The number of carboxylic acid groups (broad SMARTS) is 3. The molecule has 3 atom stereocenters. The Hall–Kier alpha value is -4.67. The lowest BCUT2D eigenvalue weighted by atomic mass is 9.90. The second-order valence-electron chi connectivity index (χ2n) is 10.7. The standard InChI is InChI=1S/C32H39N3O8/c1-20(18-25-23-12-4-2-10-21(23)19-22-11-3-5-13-24(22)25)29(38)33-17-9-8-15-27(31(41)42)35-32(43)34-26(30(39)40)14-6-7-16-28(36)37/h2-5,10-13,19-20,26-27H,6-9,14-18H2,1H3,(H,33,38)(H,36,37)(H,39,40)(H,41,42)(H2,34,35,43)/t20-,26-,27-/m0/s1. The fraction of sp³-hybridized carbons (Fsp3) is 0.406. The van der Waals surface area contributed by atoms with E-state index in [1.807, 2.05) is 31.2 Å². The monoisotopic (exact) mass is 593 g/mol. The Balaban J connectivity index is 1.45. The molecule has 3 rings (SSSR count). The van der Waals surface area contributed by atoms with Crippen LogP contribution in [0.3, 0.4) is 0 Å². The number of carbonyl (C=O) groups is 5. The van der Waals surface area contributed by atoms with Crippen LogP contribution in [0.2, 0.25) is 0 Å². The number of carboxylic acids is 3. The number of aliphatic carboxylic acids is 3. The zero-order valence-electron chi connectivity index (χ0n) is 24.2. The molecule has 0 saturated heterocycles. The average molecular weight is 594 g/mol. The van der Waals surface area contributed by atoms with Crippen LogP contribution in [0.25, 0.3) is 21.5 Å². The maximum atomic E-state index is 12.9. The van der Waals surface area contributed by atoms with Gasteiger partial charge in [-0.25, -0.2) is 14.4 Å². The predicted octanol–water partition coefficient (Wildman–Crippen LogP) is 4.31. The summed E-state index contributed by atoms with van der Waals surface area (Å²) in [7, 11) is 0. The van der Waals surface area contributed by atoms with Gasteiger partial charge in [0.2, 0.25) is 5.91 Å². The van der Waals surface area contributed by atoms with Gasteiger partial charge in [-0.05, 0) is 71.7 Å². The van der Waals surface area contributed by atoms with Crippen molar-refractivity contribution in [1.82, 2.24) is 16.0 Å². The third kappa shape index (κ3) is 9.98. The molecule has 3 aromatic carbocycles. The van der Waals surface area contributed by atoms with Gasteiger partial charge in [-0.2, -0.15) is 0 Å². The molecule has 0 aliphatic heterocycles. The summed E-state index contributed by atoms with van der Waals surface area (Å²) in [5.41, 5.74) is 1.12. The molecule has 230 valence electrons. The lowest BCUT2D eigenvalue weighted by Crippen LogP contribution is -2.51. The van der Waals surface area contributed by atoms with Crippen molar-refractivity contribution in [1.29, 1.82) is 0 Å². The maximum absolute atomic E-state index is 12.9. The van der Waals surface area contributed by atoms with Crippen LogP contribution in [-0.4, -0.2) is 63.8 Å². The van der Waals surface area contributed by atoms with Crippen LogP contribution in [0, 0.1) is 5.92 Å². The highest BCUT2D eigenvalue weighted by atomic mass is 16.4. The van der Waals surface area contributed by atoms with E-state index >= 15 is 0 Å². The van der Waals surface area contributed by atoms with Crippen LogP contribution in [0.4, 0.5) is 4.79 Å². The summed E-state index contributed by atoms with van der Waals surface area (Å²) in [6, 6.07) is 14.9. The normalized spacial score (nSPS) is 13.1. The first-order valence-electron chi connectivity index (χ1n) is 14.5. The summed E-state index contributed by atoms with van der Waals surface area (Å²) in [6.07, 6.45) is 1.98. The summed E-state index contributed by atoms with van der Waals surface area (Å²) < 4.78 is 0. The lowest BCUT2D eigenvalue weighted by molar-refractivity contribution is -0.139. The van der Waals surface area contributed by atoms with Crippen molar-refractivity contribution in [3.63, 3.8) is 0 Å². The van der Waals surface area contributed by atoms with Gasteiger partial charge in [0, 0.05) is 18.9 Å². The summed E-state index contributed by atoms with van der Waals surface area (Å²) in [6.45, 7) is 2.22. The molecular weight excluding hydrogens is 554 g/mol. The zero-order valence-corrected chi connectivity index (χ0v) is 24.2. The van der Waals surface area contributed by atoms with Crippen molar-refractivity contribution < 1.29 is 39.3 Å². The molecule has 0 heterocycles. The van der Waals surface area contributed by atoms with Gasteiger partial charge < -0.3 is 31.3 Å². The smallest absolute Gasteiger partial charge is 0.326 e.